The van der Waals surface area contributed by atoms with E-state index in [-0.39, 0.29) is 25.3 Å². The Balaban J connectivity index is 1.61. The number of aromatic nitrogens is 1. The highest BCUT2D eigenvalue weighted by Crippen LogP contribution is 2.33. The highest BCUT2D eigenvalue weighted by atomic mass is 79.9. The molecule has 0 saturated carbocycles. The molecular formula is C25H21BrF5N3O4. The predicted octanol–water partition coefficient (Wildman–Crippen LogP) is 4.56. The van der Waals surface area contributed by atoms with Gasteiger partial charge < -0.3 is 19.7 Å². The molecule has 38 heavy (non-hydrogen) atoms. The molecule has 0 radical (unpaired) electrons. The molecule has 2 atom stereocenters. The Morgan fingerprint density at radius 3 is 2.61 bits per heavy atom. The second-order valence-corrected chi connectivity index (χ2v) is 9.32. The van der Waals surface area contributed by atoms with Gasteiger partial charge in [0.15, 0.2) is 0 Å². The van der Waals surface area contributed by atoms with E-state index in [1.54, 1.807) is 30.5 Å². The molecule has 2 aromatic carbocycles. The molecule has 4 rings (SSSR count). The van der Waals surface area contributed by atoms with Crippen LogP contribution in [0.4, 0.5) is 27.6 Å². The zero-order valence-electron chi connectivity index (χ0n) is 19.8. The fourth-order valence-electron chi connectivity index (χ4n) is 4.29. The van der Waals surface area contributed by atoms with E-state index in [0.717, 1.165) is 12.0 Å². The fourth-order valence-corrected chi connectivity index (χ4v) is 4.74. The van der Waals surface area contributed by atoms with Crippen molar-refractivity contribution in [3.8, 4) is 0 Å². The number of halogens is 6. The molecule has 0 bridgehead atoms. The highest BCUT2D eigenvalue weighted by molar-refractivity contribution is 9.10. The van der Waals surface area contributed by atoms with Crippen LogP contribution in [-0.4, -0.2) is 62.0 Å². The summed E-state index contributed by atoms with van der Waals surface area (Å²) >= 11 is 3.40. The van der Waals surface area contributed by atoms with Crippen molar-refractivity contribution >= 4 is 44.4 Å². The minimum Gasteiger partial charge on any atom is -0.467 e. The number of carbonyl (C=O) groups excluding carboxylic acids is 2. The molecule has 202 valence electrons. The van der Waals surface area contributed by atoms with E-state index in [4.69, 9.17) is 9.47 Å². The number of carbonyl (C=O) groups is 2. The van der Waals surface area contributed by atoms with Gasteiger partial charge in [-0.3, -0.25) is 9.78 Å². The lowest BCUT2D eigenvalue weighted by Crippen LogP contribution is -2.53. The van der Waals surface area contributed by atoms with Crippen molar-refractivity contribution in [2.24, 2.45) is 0 Å². The number of anilines is 1. The normalized spacial score (nSPS) is 16.8. The number of alkyl halides is 3. The third-order valence-electron chi connectivity index (χ3n) is 6.12. The number of pyridine rings is 1. The lowest BCUT2D eigenvalue weighted by molar-refractivity contribution is -0.167. The van der Waals surface area contributed by atoms with Gasteiger partial charge in [-0.15, -0.1) is 0 Å². The van der Waals surface area contributed by atoms with E-state index >= 15 is 0 Å². The van der Waals surface area contributed by atoms with E-state index in [1.807, 2.05) is 0 Å². The third-order valence-corrected chi connectivity index (χ3v) is 6.76. The Hall–Kier alpha value is -3.32. The van der Waals surface area contributed by atoms with Gasteiger partial charge in [-0.05, 0) is 45.8 Å². The summed E-state index contributed by atoms with van der Waals surface area (Å²) in [6.07, 6.45) is -3.21. The predicted molar refractivity (Wildman–Crippen MR) is 131 cm³/mol. The first-order chi connectivity index (χ1) is 18.0. The summed E-state index contributed by atoms with van der Waals surface area (Å²) in [6.45, 7) is -1.02. The number of amides is 1. The van der Waals surface area contributed by atoms with E-state index in [1.165, 1.54) is 0 Å². The number of rotatable bonds is 6. The van der Waals surface area contributed by atoms with E-state index < -0.39 is 53.9 Å². The van der Waals surface area contributed by atoms with E-state index in [2.05, 4.69) is 26.2 Å². The Morgan fingerprint density at radius 2 is 1.95 bits per heavy atom. The van der Waals surface area contributed by atoms with Gasteiger partial charge in [0.2, 0.25) is 0 Å². The lowest BCUT2D eigenvalue weighted by Gasteiger charge is -2.38. The molecule has 1 aromatic heterocycles. The van der Waals surface area contributed by atoms with Crippen LogP contribution in [0.2, 0.25) is 0 Å². The molecule has 1 saturated heterocycles. The molecule has 0 unspecified atom stereocenters. The lowest BCUT2D eigenvalue weighted by atomic mass is 10.0. The topological polar surface area (TPSA) is 80.8 Å². The van der Waals surface area contributed by atoms with Gasteiger partial charge in [0.05, 0.1) is 25.8 Å². The highest BCUT2D eigenvalue weighted by Gasteiger charge is 2.45. The first kappa shape index (κ1) is 27.7. The number of ether oxygens (including phenoxy) is 2. The van der Waals surface area contributed by atoms with Crippen LogP contribution in [0.3, 0.4) is 0 Å². The monoisotopic (exact) mass is 601 g/mol. The van der Waals surface area contributed by atoms with Gasteiger partial charge in [0, 0.05) is 34.7 Å². The molecule has 1 aliphatic rings. The van der Waals surface area contributed by atoms with Crippen LogP contribution in [0.1, 0.15) is 15.9 Å². The number of hydrogen-bond donors (Lipinski definition) is 1. The number of benzene rings is 2. The molecule has 1 fully saturated rings. The summed E-state index contributed by atoms with van der Waals surface area (Å²) in [5.74, 6) is -4.90. The molecule has 1 amide bonds. The Labute approximate surface area is 222 Å². The van der Waals surface area contributed by atoms with Crippen LogP contribution < -0.4 is 10.2 Å². The smallest absolute Gasteiger partial charge is 0.411 e. The molecule has 3 aromatic rings. The Kier molecular flexibility index (Phi) is 8.16. The van der Waals surface area contributed by atoms with Crippen LogP contribution in [0.25, 0.3) is 10.9 Å². The summed E-state index contributed by atoms with van der Waals surface area (Å²) in [5.41, 5.74) is -0.218. The van der Waals surface area contributed by atoms with Gasteiger partial charge >= 0.3 is 12.1 Å². The van der Waals surface area contributed by atoms with Crippen molar-refractivity contribution in [2.75, 3.05) is 31.8 Å². The van der Waals surface area contributed by atoms with Crippen molar-refractivity contribution in [2.45, 2.75) is 24.7 Å². The number of nitrogens with one attached hydrogen (secondary N) is 1. The number of nitrogens with zero attached hydrogens (tertiary/aromatic N) is 2. The van der Waals surface area contributed by atoms with Crippen molar-refractivity contribution in [1.82, 2.24) is 10.3 Å². The minimum atomic E-state index is -4.70. The van der Waals surface area contributed by atoms with E-state index in [9.17, 15) is 31.5 Å². The number of hydrogen-bond acceptors (Lipinski definition) is 6. The van der Waals surface area contributed by atoms with Gasteiger partial charge in [-0.1, -0.05) is 12.1 Å². The van der Waals surface area contributed by atoms with E-state index in [0.29, 0.717) is 33.1 Å². The summed E-state index contributed by atoms with van der Waals surface area (Å²) in [7, 11) is 1.10. The first-order valence-corrected chi connectivity index (χ1v) is 12.1. The van der Waals surface area contributed by atoms with Crippen LogP contribution in [0.5, 0.6) is 0 Å². The summed E-state index contributed by atoms with van der Waals surface area (Å²) in [4.78, 5) is 30.4. The standard InChI is InChI=1S/C25H21BrF5N3O4/c1-37-24(36)19(9-13-4-5-16(26)22-15(13)3-2-6-32-22)33-23(35)21-17(27)10-14(11-18(21)28)34-7-8-38-12-20(34)25(29,30)31/h2-6,10-11,19-20H,7-9,12H2,1H3,(H,33,35)/t19-,20+/m0/s1. The number of methoxy groups -OCH3 is 1. The van der Waals surface area contributed by atoms with Crippen LogP contribution in [0.15, 0.2) is 47.1 Å². The van der Waals surface area contributed by atoms with Crippen molar-refractivity contribution in [3.05, 3.63) is 69.8 Å². The van der Waals surface area contributed by atoms with Gasteiger partial charge in [0.1, 0.15) is 29.3 Å². The minimum absolute atomic E-state index is 0.0703. The SMILES string of the molecule is COC(=O)[C@H](Cc1ccc(Br)c2ncccc12)NC(=O)c1c(F)cc(N2CCOC[C@@H]2C(F)(F)F)cc1F. The van der Waals surface area contributed by atoms with Crippen LogP contribution >= 0.6 is 15.9 Å². The molecule has 0 spiro atoms. The quantitative estimate of drug-likeness (QED) is 0.330. The molecule has 1 N–H and O–H groups in total. The van der Waals surface area contributed by atoms with Crippen molar-refractivity contribution in [3.63, 3.8) is 0 Å². The first-order valence-electron chi connectivity index (χ1n) is 11.3. The number of morpholine rings is 1. The van der Waals surface area contributed by atoms with Crippen LogP contribution in [-0.2, 0) is 20.7 Å². The zero-order valence-corrected chi connectivity index (χ0v) is 21.4. The zero-order chi connectivity index (χ0) is 27.6. The maximum absolute atomic E-state index is 15.0. The largest absolute Gasteiger partial charge is 0.467 e. The Bertz CT molecular complexity index is 1350. The van der Waals surface area contributed by atoms with Gasteiger partial charge in [0.25, 0.3) is 5.91 Å². The average Bonchev–Trinajstić information content (AvgIpc) is 2.88. The average molecular weight is 602 g/mol. The maximum Gasteiger partial charge on any atom is 0.411 e. The van der Waals surface area contributed by atoms with Crippen molar-refractivity contribution < 1.29 is 41.0 Å². The third kappa shape index (κ3) is 5.73. The maximum atomic E-state index is 15.0. The van der Waals surface area contributed by atoms with Gasteiger partial charge in [-0.25, -0.2) is 13.6 Å². The summed E-state index contributed by atoms with van der Waals surface area (Å²) in [6, 6.07) is 4.74. The molecule has 1 aliphatic heterocycles. The molecule has 13 heteroatoms. The summed E-state index contributed by atoms with van der Waals surface area (Å²) < 4.78 is 80.6. The van der Waals surface area contributed by atoms with Crippen molar-refractivity contribution in [1.29, 1.82) is 0 Å². The second-order valence-electron chi connectivity index (χ2n) is 8.47. The summed E-state index contributed by atoms with van der Waals surface area (Å²) in [5, 5.41) is 2.96. The molecule has 0 aliphatic carbocycles. The van der Waals surface area contributed by atoms with Crippen LogP contribution in [0, 0.1) is 11.6 Å². The van der Waals surface area contributed by atoms with Gasteiger partial charge in [-0.2, -0.15) is 13.2 Å². The molecule has 7 nitrogen and oxygen atoms in total. The molecular weight excluding hydrogens is 581 g/mol. The Morgan fingerprint density at radius 1 is 1.24 bits per heavy atom. The fraction of sp³-hybridized carbons (Fsp3) is 0.320. The number of esters is 1. The number of fused-ring (bicyclic) bond motifs is 1. The second kappa shape index (κ2) is 11.2. The molecule has 2 heterocycles.